The third kappa shape index (κ3) is 1.84. The summed E-state index contributed by atoms with van der Waals surface area (Å²) in [5.41, 5.74) is 3.28. The van der Waals surface area contributed by atoms with E-state index in [2.05, 4.69) is 5.32 Å². The van der Waals surface area contributed by atoms with Crippen LogP contribution in [0.25, 0.3) is 0 Å². The van der Waals surface area contributed by atoms with Gasteiger partial charge in [-0.2, -0.15) is 0 Å². The van der Waals surface area contributed by atoms with Crippen LogP contribution in [-0.4, -0.2) is 13.3 Å². The maximum atomic E-state index is 10.3. The molecular weight excluding hydrogens is 150 g/mol. The maximum Gasteiger partial charge on any atom is 0.124 e. The van der Waals surface area contributed by atoms with E-state index in [4.69, 9.17) is 0 Å². The van der Waals surface area contributed by atoms with Gasteiger partial charge in [0.05, 0.1) is 0 Å². The van der Waals surface area contributed by atoms with Gasteiger partial charge in [0.1, 0.15) is 6.29 Å². The van der Waals surface area contributed by atoms with Gasteiger partial charge in [-0.1, -0.05) is 17.7 Å². The fourth-order valence-electron chi connectivity index (χ4n) is 1.23. The second-order valence-corrected chi connectivity index (χ2v) is 2.78. The first kappa shape index (κ1) is 8.78. The summed E-state index contributed by atoms with van der Waals surface area (Å²) in [6.45, 7) is 2.02. The molecule has 0 saturated heterocycles. The predicted octanol–water partition coefficient (Wildman–Crippen LogP) is 1.78. The Hall–Kier alpha value is -1.31. The van der Waals surface area contributed by atoms with Gasteiger partial charge in [0, 0.05) is 19.2 Å². The van der Waals surface area contributed by atoms with Gasteiger partial charge in [-0.15, -0.1) is 0 Å². The highest BCUT2D eigenvalue weighted by Gasteiger charge is 1.99. The highest BCUT2D eigenvalue weighted by molar-refractivity contribution is 5.63. The third-order valence-corrected chi connectivity index (χ3v) is 1.83. The Morgan fingerprint density at radius 1 is 1.50 bits per heavy atom. The zero-order valence-corrected chi connectivity index (χ0v) is 7.42. The largest absolute Gasteiger partial charge is 0.388 e. The maximum absolute atomic E-state index is 10.3. The minimum atomic E-state index is 0.484. The summed E-state index contributed by atoms with van der Waals surface area (Å²) in [7, 11) is 1.86. The van der Waals surface area contributed by atoms with Crippen LogP contribution in [0.3, 0.4) is 0 Å². The van der Waals surface area contributed by atoms with E-state index in [1.165, 1.54) is 5.56 Å². The number of hydrogen-bond donors (Lipinski definition) is 1. The Bertz CT molecular complexity index is 281. The van der Waals surface area contributed by atoms with Crippen molar-refractivity contribution in [3.05, 3.63) is 29.3 Å². The molecule has 0 spiro atoms. The van der Waals surface area contributed by atoms with Crippen LogP contribution >= 0.6 is 0 Å². The van der Waals surface area contributed by atoms with Crippen LogP contribution in [0.1, 0.15) is 11.1 Å². The molecule has 1 N–H and O–H groups in total. The van der Waals surface area contributed by atoms with Crippen LogP contribution in [0.4, 0.5) is 5.69 Å². The average Bonchev–Trinajstić information content (AvgIpc) is 2.05. The van der Waals surface area contributed by atoms with Gasteiger partial charge in [-0.05, 0) is 18.6 Å². The molecule has 64 valence electrons. The van der Waals surface area contributed by atoms with Gasteiger partial charge < -0.3 is 10.1 Å². The van der Waals surface area contributed by atoms with E-state index in [0.717, 1.165) is 17.5 Å². The monoisotopic (exact) mass is 163 g/mol. The topological polar surface area (TPSA) is 29.1 Å². The zero-order valence-electron chi connectivity index (χ0n) is 7.42. The van der Waals surface area contributed by atoms with Crippen molar-refractivity contribution in [1.82, 2.24) is 0 Å². The fourth-order valence-corrected chi connectivity index (χ4v) is 1.23. The lowest BCUT2D eigenvalue weighted by atomic mass is 10.1. The quantitative estimate of drug-likeness (QED) is 0.688. The predicted molar refractivity (Wildman–Crippen MR) is 50.5 cm³/mol. The van der Waals surface area contributed by atoms with Crippen LogP contribution in [-0.2, 0) is 11.2 Å². The molecule has 0 bridgehead atoms. The lowest BCUT2D eigenvalue weighted by Gasteiger charge is -2.06. The second kappa shape index (κ2) is 3.90. The van der Waals surface area contributed by atoms with E-state index in [0.29, 0.717) is 6.42 Å². The van der Waals surface area contributed by atoms with Crippen molar-refractivity contribution in [3.63, 3.8) is 0 Å². The SMILES string of the molecule is CNc1ccc(C)cc1CC=O. The fraction of sp³-hybridized carbons (Fsp3) is 0.300. The Morgan fingerprint density at radius 3 is 2.83 bits per heavy atom. The first-order valence-electron chi connectivity index (χ1n) is 3.99. The van der Waals surface area contributed by atoms with E-state index >= 15 is 0 Å². The molecule has 1 aromatic rings. The van der Waals surface area contributed by atoms with Gasteiger partial charge in [-0.3, -0.25) is 0 Å². The number of carbonyl (C=O) groups is 1. The Morgan fingerprint density at radius 2 is 2.25 bits per heavy atom. The van der Waals surface area contributed by atoms with E-state index in [1.54, 1.807) is 0 Å². The van der Waals surface area contributed by atoms with Crippen LogP contribution in [0.15, 0.2) is 18.2 Å². The van der Waals surface area contributed by atoms with Crippen molar-refractivity contribution in [2.45, 2.75) is 13.3 Å². The summed E-state index contributed by atoms with van der Waals surface area (Å²) in [6.07, 6.45) is 1.41. The molecule has 0 aliphatic rings. The lowest BCUT2D eigenvalue weighted by molar-refractivity contribution is -0.107. The van der Waals surface area contributed by atoms with Crippen molar-refractivity contribution in [3.8, 4) is 0 Å². The molecule has 0 fully saturated rings. The van der Waals surface area contributed by atoms with Gasteiger partial charge in [0.2, 0.25) is 0 Å². The van der Waals surface area contributed by atoms with Gasteiger partial charge in [0.25, 0.3) is 0 Å². The molecule has 0 aliphatic carbocycles. The number of hydrogen-bond acceptors (Lipinski definition) is 2. The van der Waals surface area contributed by atoms with Crippen LogP contribution in [0.2, 0.25) is 0 Å². The number of benzene rings is 1. The number of aldehydes is 1. The Balaban J connectivity index is 3.03. The van der Waals surface area contributed by atoms with Crippen LogP contribution in [0.5, 0.6) is 0 Å². The highest BCUT2D eigenvalue weighted by Crippen LogP contribution is 2.16. The van der Waals surface area contributed by atoms with Gasteiger partial charge in [-0.25, -0.2) is 0 Å². The highest BCUT2D eigenvalue weighted by atomic mass is 16.1. The molecule has 0 amide bonds. The molecular formula is C10H13NO. The van der Waals surface area contributed by atoms with Crippen molar-refractivity contribution >= 4 is 12.0 Å². The van der Waals surface area contributed by atoms with E-state index in [-0.39, 0.29) is 0 Å². The minimum Gasteiger partial charge on any atom is -0.388 e. The molecule has 0 saturated carbocycles. The normalized spacial score (nSPS) is 9.50. The summed E-state index contributed by atoms with van der Waals surface area (Å²) >= 11 is 0. The lowest BCUT2D eigenvalue weighted by Crippen LogP contribution is -1.96. The van der Waals surface area contributed by atoms with Crippen LogP contribution in [0, 0.1) is 6.92 Å². The third-order valence-electron chi connectivity index (χ3n) is 1.83. The zero-order chi connectivity index (χ0) is 8.97. The number of anilines is 1. The Labute approximate surface area is 72.6 Å². The molecule has 12 heavy (non-hydrogen) atoms. The Kier molecular flexibility index (Phi) is 2.86. The molecule has 0 atom stereocenters. The standard InChI is InChI=1S/C10H13NO/c1-8-3-4-10(11-2)9(7-8)5-6-12/h3-4,6-7,11H,5H2,1-2H3. The number of carbonyl (C=O) groups excluding carboxylic acids is 1. The summed E-state index contributed by atoms with van der Waals surface area (Å²) in [4.78, 5) is 10.3. The van der Waals surface area contributed by atoms with Crippen molar-refractivity contribution < 1.29 is 4.79 Å². The van der Waals surface area contributed by atoms with Crippen molar-refractivity contribution in [1.29, 1.82) is 0 Å². The summed E-state index contributed by atoms with van der Waals surface area (Å²) in [5.74, 6) is 0. The van der Waals surface area contributed by atoms with Crippen molar-refractivity contribution in [2.75, 3.05) is 12.4 Å². The number of aryl methyl sites for hydroxylation is 1. The van der Waals surface area contributed by atoms with Gasteiger partial charge >= 0.3 is 0 Å². The molecule has 0 heterocycles. The number of nitrogens with one attached hydrogen (secondary N) is 1. The van der Waals surface area contributed by atoms with Crippen LogP contribution < -0.4 is 5.32 Å². The molecule has 0 aromatic heterocycles. The van der Waals surface area contributed by atoms with Crippen molar-refractivity contribution in [2.24, 2.45) is 0 Å². The van der Waals surface area contributed by atoms with E-state index < -0.39 is 0 Å². The molecule has 1 rings (SSSR count). The average molecular weight is 163 g/mol. The first-order valence-corrected chi connectivity index (χ1v) is 3.99. The van der Waals surface area contributed by atoms with E-state index in [9.17, 15) is 4.79 Å². The van der Waals surface area contributed by atoms with E-state index in [1.807, 2.05) is 32.2 Å². The minimum absolute atomic E-state index is 0.484. The van der Waals surface area contributed by atoms with Gasteiger partial charge in [0.15, 0.2) is 0 Å². The molecule has 0 aliphatic heterocycles. The summed E-state index contributed by atoms with van der Waals surface area (Å²) < 4.78 is 0. The second-order valence-electron chi connectivity index (χ2n) is 2.78. The molecule has 0 unspecified atom stereocenters. The molecule has 2 nitrogen and oxygen atoms in total. The smallest absolute Gasteiger partial charge is 0.124 e. The number of rotatable bonds is 3. The summed E-state index contributed by atoms with van der Waals surface area (Å²) in [5, 5.41) is 3.05. The summed E-state index contributed by atoms with van der Waals surface area (Å²) in [6, 6.07) is 6.05. The molecule has 1 aromatic carbocycles. The first-order chi connectivity index (χ1) is 5.77. The molecule has 2 heteroatoms. The molecule has 0 radical (unpaired) electrons.